The van der Waals surface area contributed by atoms with Crippen molar-refractivity contribution in [3.8, 4) is 0 Å². The van der Waals surface area contributed by atoms with Crippen LogP contribution < -0.4 is 11.1 Å². The number of hydrogen-bond acceptors (Lipinski definition) is 4. The first-order valence-electron chi connectivity index (χ1n) is 6.77. The smallest absolute Gasteiger partial charge is 0.107 e. The molecule has 2 atom stereocenters. The van der Waals surface area contributed by atoms with Gasteiger partial charge in [-0.25, -0.2) is 4.39 Å². The van der Waals surface area contributed by atoms with Crippen LogP contribution in [0.15, 0.2) is 18.2 Å². The summed E-state index contributed by atoms with van der Waals surface area (Å²) in [7, 11) is 1.56. The van der Waals surface area contributed by atoms with Crippen molar-refractivity contribution in [3.63, 3.8) is 0 Å². The van der Waals surface area contributed by atoms with Crippen LogP contribution in [0.3, 0.4) is 0 Å². The summed E-state index contributed by atoms with van der Waals surface area (Å²) in [5, 5.41) is 3.40. The van der Waals surface area contributed by atoms with Gasteiger partial charge in [-0.15, -0.1) is 0 Å². The van der Waals surface area contributed by atoms with E-state index in [0.29, 0.717) is 0 Å². The molecule has 1 aromatic rings. The fraction of sp³-hybridized carbons (Fsp3) is 0.600. The second-order valence-electron chi connectivity index (χ2n) is 4.83. The lowest BCUT2D eigenvalue weighted by Gasteiger charge is -2.21. The van der Waals surface area contributed by atoms with E-state index < -0.39 is 18.8 Å². The largest absolute Gasteiger partial charge is 0.375 e. The van der Waals surface area contributed by atoms with Crippen molar-refractivity contribution in [2.45, 2.75) is 25.6 Å². The predicted octanol–water partition coefficient (Wildman–Crippen LogP) is 2.43. The number of hydrogen-bond donors (Lipinski definition) is 2. The summed E-state index contributed by atoms with van der Waals surface area (Å²) < 4.78 is 18.0. The molecule has 0 radical (unpaired) electrons. The molecule has 0 spiro atoms. The Hall–Kier alpha value is -0.620. The summed E-state index contributed by atoms with van der Waals surface area (Å²) in [6, 6.07) is 5.45. The summed E-state index contributed by atoms with van der Waals surface area (Å²) in [6.07, 6.45) is 1.71. The third-order valence-corrected chi connectivity index (χ3v) is 3.93. The van der Waals surface area contributed by atoms with Crippen molar-refractivity contribution in [2.75, 3.05) is 32.3 Å². The Bertz CT molecular complexity index is 403. The number of rotatable bonds is 9. The minimum Gasteiger partial charge on any atom is -0.375 e. The third-order valence-electron chi connectivity index (χ3n) is 3.31. The van der Waals surface area contributed by atoms with E-state index in [1.54, 1.807) is 7.11 Å². The number of thioether (sulfide) groups is 1. The van der Waals surface area contributed by atoms with Gasteiger partial charge in [0.15, 0.2) is 0 Å². The van der Waals surface area contributed by atoms with Gasteiger partial charge in [-0.3, -0.25) is 0 Å². The molecule has 20 heavy (non-hydrogen) atoms. The van der Waals surface area contributed by atoms with Crippen LogP contribution in [0.5, 0.6) is 0 Å². The standard InChI is InChI=1S/C15H25FN2OS/c1-11-8-12(15(19-2)14(17)9-16)4-5-13(11)10-18-6-7-20-3/h4-5,8,14-15,18H,6-7,9-10,17H2,1-3H3/t14?,15-/m1/s1. The van der Waals surface area contributed by atoms with Crippen molar-refractivity contribution in [3.05, 3.63) is 34.9 Å². The molecule has 3 N–H and O–H groups in total. The molecule has 0 bridgehead atoms. The van der Waals surface area contributed by atoms with Gasteiger partial charge in [-0.2, -0.15) is 11.8 Å². The van der Waals surface area contributed by atoms with E-state index in [2.05, 4.69) is 24.6 Å². The van der Waals surface area contributed by atoms with E-state index in [-0.39, 0.29) is 0 Å². The number of halogens is 1. The first-order chi connectivity index (χ1) is 9.63. The van der Waals surface area contributed by atoms with E-state index in [1.807, 2.05) is 23.9 Å². The van der Waals surface area contributed by atoms with E-state index in [4.69, 9.17) is 10.5 Å². The number of nitrogens with one attached hydrogen (secondary N) is 1. The molecule has 1 rings (SSSR count). The lowest BCUT2D eigenvalue weighted by molar-refractivity contribution is 0.0720. The fourth-order valence-corrected chi connectivity index (χ4v) is 2.48. The van der Waals surface area contributed by atoms with E-state index in [0.717, 1.165) is 24.4 Å². The van der Waals surface area contributed by atoms with Gasteiger partial charge in [0, 0.05) is 26.0 Å². The summed E-state index contributed by atoms with van der Waals surface area (Å²) >= 11 is 1.83. The second-order valence-corrected chi connectivity index (χ2v) is 5.82. The van der Waals surface area contributed by atoms with Gasteiger partial charge < -0.3 is 15.8 Å². The van der Waals surface area contributed by atoms with Gasteiger partial charge in [0.25, 0.3) is 0 Å². The second kappa shape index (κ2) is 9.34. The molecular formula is C15H25FN2OS. The summed E-state index contributed by atoms with van der Waals surface area (Å²) in [5.74, 6) is 1.11. The first kappa shape index (κ1) is 17.4. The third kappa shape index (κ3) is 5.05. The van der Waals surface area contributed by atoms with E-state index in [9.17, 15) is 4.39 Å². The highest BCUT2D eigenvalue weighted by Gasteiger charge is 2.19. The molecule has 0 aromatic heterocycles. The number of ether oxygens (including phenoxy) is 1. The number of aryl methyl sites for hydroxylation is 1. The maximum Gasteiger partial charge on any atom is 0.107 e. The molecule has 0 amide bonds. The first-order valence-corrected chi connectivity index (χ1v) is 8.16. The van der Waals surface area contributed by atoms with Gasteiger partial charge in [-0.05, 0) is 29.9 Å². The van der Waals surface area contributed by atoms with Gasteiger partial charge in [0.05, 0.1) is 12.1 Å². The monoisotopic (exact) mass is 300 g/mol. The molecule has 1 aromatic carbocycles. The van der Waals surface area contributed by atoms with Crippen molar-refractivity contribution >= 4 is 11.8 Å². The predicted molar refractivity (Wildman–Crippen MR) is 85.0 cm³/mol. The molecule has 0 saturated heterocycles. The van der Waals surface area contributed by atoms with Gasteiger partial charge in [-0.1, -0.05) is 18.2 Å². The number of nitrogens with two attached hydrogens (primary N) is 1. The van der Waals surface area contributed by atoms with Crippen LogP contribution in [-0.2, 0) is 11.3 Å². The highest BCUT2D eigenvalue weighted by molar-refractivity contribution is 7.98. The van der Waals surface area contributed by atoms with Crippen LogP contribution in [0, 0.1) is 6.92 Å². The SMILES string of the molecule is CO[C@H](c1ccc(CNCCSC)c(C)c1)C(N)CF. The molecule has 3 nitrogen and oxygen atoms in total. The van der Waals surface area contributed by atoms with Gasteiger partial charge >= 0.3 is 0 Å². The number of benzene rings is 1. The lowest BCUT2D eigenvalue weighted by Crippen LogP contribution is -2.31. The molecule has 0 fully saturated rings. The molecule has 114 valence electrons. The normalized spacial score (nSPS) is 14.2. The maximum absolute atomic E-state index is 12.7. The van der Waals surface area contributed by atoms with Crippen LogP contribution >= 0.6 is 11.8 Å². The minimum atomic E-state index is -0.620. The fourth-order valence-electron chi connectivity index (χ4n) is 2.13. The van der Waals surface area contributed by atoms with E-state index in [1.165, 1.54) is 11.1 Å². The van der Waals surface area contributed by atoms with Crippen LogP contribution in [0.25, 0.3) is 0 Å². The van der Waals surface area contributed by atoms with Crippen molar-refractivity contribution < 1.29 is 9.13 Å². The van der Waals surface area contributed by atoms with Crippen molar-refractivity contribution in [1.82, 2.24) is 5.32 Å². The van der Waals surface area contributed by atoms with Crippen LogP contribution in [-0.4, -0.2) is 38.4 Å². The Morgan fingerprint density at radius 3 is 2.75 bits per heavy atom. The topological polar surface area (TPSA) is 47.3 Å². The Morgan fingerprint density at radius 2 is 2.20 bits per heavy atom. The molecule has 0 aliphatic rings. The Labute approximate surface area is 125 Å². The Morgan fingerprint density at radius 1 is 1.45 bits per heavy atom. The molecular weight excluding hydrogens is 275 g/mol. The average molecular weight is 300 g/mol. The molecule has 1 unspecified atom stereocenters. The summed E-state index contributed by atoms with van der Waals surface area (Å²) in [5.41, 5.74) is 9.10. The Kier molecular flexibility index (Phi) is 8.14. The lowest BCUT2D eigenvalue weighted by atomic mass is 9.98. The molecule has 0 heterocycles. The minimum absolute atomic E-state index is 0.391. The molecule has 0 saturated carbocycles. The van der Waals surface area contributed by atoms with Crippen LogP contribution in [0.4, 0.5) is 4.39 Å². The summed E-state index contributed by atoms with van der Waals surface area (Å²) in [4.78, 5) is 0. The highest BCUT2D eigenvalue weighted by atomic mass is 32.2. The quantitative estimate of drug-likeness (QED) is 0.688. The number of methoxy groups -OCH3 is 1. The number of alkyl halides is 1. The Balaban J connectivity index is 2.71. The summed E-state index contributed by atoms with van der Waals surface area (Å²) in [6.45, 7) is 3.31. The zero-order valence-corrected chi connectivity index (χ0v) is 13.3. The van der Waals surface area contributed by atoms with Crippen molar-refractivity contribution in [2.24, 2.45) is 5.73 Å². The van der Waals surface area contributed by atoms with Crippen LogP contribution in [0.2, 0.25) is 0 Å². The van der Waals surface area contributed by atoms with Gasteiger partial charge in [0.2, 0.25) is 0 Å². The zero-order chi connectivity index (χ0) is 15.0. The maximum atomic E-state index is 12.7. The van der Waals surface area contributed by atoms with Gasteiger partial charge in [0.1, 0.15) is 6.67 Å². The average Bonchev–Trinajstić information content (AvgIpc) is 2.46. The van der Waals surface area contributed by atoms with Crippen molar-refractivity contribution in [1.29, 1.82) is 0 Å². The molecule has 0 aliphatic carbocycles. The zero-order valence-electron chi connectivity index (χ0n) is 12.5. The molecule has 5 heteroatoms. The molecule has 0 aliphatic heterocycles. The highest BCUT2D eigenvalue weighted by Crippen LogP contribution is 2.22. The van der Waals surface area contributed by atoms with Crippen LogP contribution in [0.1, 0.15) is 22.8 Å². The van der Waals surface area contributed by atoms with E-state index >= 15 is 0 Å².